The van der Waals surface area contributed by atoms with Gasteiger partial charge in [-0.25, -0.2) is 8.78 Å². The number of rotatable bonds is 3. The fourth-order valence-corrected chi connectivity index (χ4v) is 2.16. The van der Waals surface area contributed by atoms with E-state index in [0.717, 1.165) is 25.0 Å². The Bertz CT molecular complexity index is 364. The lowest BCUT2D eigenvalue weighted by Gasteiger charge is -2.23. The summed E-state index contributed by atoms with van der Waals surface area (Å²) in [7, 11) is 1.73. The van der Waals surface area contributed by atoms with Gasteiger partial charge >= 0.3 is 0 Å². The number of hydrogen-bond donors (Lipinski definition) is 1. The average molecular weight is 227 g/mol. The normalized spacial score (nSPS) is 22.3. The van der Waals surface area contributed by atoms with Crippen LogP contribution in [0.5, 0.6) is 0 Å². The minimum absolute atomic E-state index is 0.0682. The molecule has 1 aliphatic heterocycles. The van der Waals surface area contributed by atoms with Crippen molar-refractivity contribution in [2.24, 2.45) is 0 Å². The van der Waals surface area contributed by atoms with Crippen LogP contribution in [0.15, 0.2) is 18.2 Å². The van der Waals surface area contributed by atoms with Gasteiger partial charge < -0.3 is 10.1 Å². The third-order valence-electron chi connectivity index (χ3n) is 2.94. The Morgan fingerprint density at radius 2 is 2.25 bits per heavy atom. The summed E-state index contributed by atoms with van der Waals surface area (Å²) in [6, 6.07) is 3.24. The van der Waals surface area contributed by atoms with Gasteiger partial charge in [-0.05, 0) is 38.1 Å². The van der Waals surface area contributed by atoms with E-state index >= 15 is 0 Å². The van der Waals surface area contributed by atoms with E-state index in [2.05, 4.69) is 5.32 Å². The second-order valence-corrected chi connectivity index (χ2v) is 3.98. The maximum absolute atomic E-state index is 13.6. The Labute approximate surface area is 93.6 Å². The van der Waals surface area contributed by atoms with E-state index in [-0.39, 0.29) is 12.1 Å². The minimum Gasteiger partial charge on any atom is -0.376 e. The van der Waals surface area contributed by atoms with E-state index in [1.165, 1.54) is 6.07 Å². The molecule has 1 fully saturated rings. The van der Waals surface area contributed by atoms with E-state index in [4.69, 9.17) is 4.74 Å². The first-order valence-corrected chi connectivity index (χ1v) is 5.46. The van der Waals surface area contributed by atoms with Crippen LogP contribution in [0.1, 0.15) is 24.4 Å². The first kappa shape index (κ1) is 11.5. The molecule has 0 bridgehead atoms. The molecule has 4 heteroatoms. The predicted molar refractivity (Wildman–Crippen MR) is 57.1 cm³/mol. The highest BCUT2D eigenvalue weighted by molar-refractivity contribution is 5.23. The number of hydrogen-bond acceptors (Lipinski definition) is 2. The first-order valence-electron chi connectivity index (χ1n) is 5.46. The molecular weight excluding hydrogens is 212 g/mol. The summed E-state index contributed by atoms with van der Waals surface area (Å²) >= 11 is 0. The van der Waals surface area contributed by atoms with Gasteiger partial charge in [-0.3, -0.25) is 0 Å². The molecule has 1 aromatic carbocycles. The van der Waals surface area contributed by atoms with Gasteiger partial charge in [0.1, 0.15) is 11.6 Å². The van der Waals surface area contributed by atoms with Crippen molar-refractivity contribution >= 4 is 0 Å². The smallest absolute Gasteiger partial charge is 0.128 e. The van der Waals surface area contributed by atoms with Crippen molar-refractivity contribution in [2.45, 2.75) is 25.0 Å². The van der Waals surface area contributed by atoms with E-state index in [9.17, 15) is 8.78 Å². The number of nitrogens with one attached hydrogen (secondary N) is 1. The lowest BCUT2D eigenvalue weighted by Crippen LogP contribution is -2.29. The van der Waals surface area contributed by atoms with Crippen LogP contribution in [0.25, 0.3) is 0 Å². The van der Waals surface area contributed by atoms with E-state index in [0.29, 0.717) is 12.2 Å². The van der Waals surface area contributed by atoms with Gasteiger partial charge in [-0.1, -0.05) is 0 Å². The number of ether oxygens (including phenoxy) is 1. The molecule has 0 radical (unpaired) electrons. The second-order valence-electron chi connectivity index (χ2n) is 3.98. The highest BCUT2D eigenvalue weighted by atomic mass is 19.1. The lowest BCUT2D eigenvalue weighted by molar-refractivity contribution is 0.0795. The Morgan fingerprint density at radius 1 is 1.44 bits per heavy atom. The van der Waals surface area contributed by atoms with E-state index in [1.807, 2.05) is 0 Å². The third-order valence-corrected chi connectivity index (χ3v) is 2.94. The highest BCUT2D eigenvalue weighted by Gasteiger charge is 2.28. The molecule has 0 saturated carbocycles. The van der Waals surface area contributed by atoms with Crippen LogP contribution in [0.2, 0.25) is 0 Å². The molecular formula is C12H15F2NO. The van der Waals surface area contributed by atoms with Crippen molar-refractivity contribution < 1.29 is 13.5 Å². The quantitative estimate of drug-likeness (QED) is 0.856. The molecule has 1 aliphatic rings. The van der Waals surface area contributed by atoms with Crippen molar-refractivity contribution in [3.8, 4) is 0 Å². The summed E-state index contributed by atoms with van der Waals surface area (Å²) in [5.74, 6) is -0.814. The van der Waals surface area contributed by atoms with E-state index < -0.39 is 11.6 Å². The zero-order valence-electron chi connectivity index (χ0n) is 9.17. The van der Waals surface area contributed by atoms with Crippen LogP contribution >= 0.6 is 0 Å². The molecule has 88 valence electrons. The molecule has 1 heterocycles. The molecule has 16 heavy (non-hydrogen) atoms. The summed E-state index contributed by atoms with van der Waals surface area (Å²) in [5, 5.41) is 3.00. The van der Waals surface area contributed by atoms with Crippen molar-refractivity contribution in [2.75, 3.05) is 13.7 Å². The topological polar surface area (TPSA) is 21.3 Å². The molecule has 2 rings (SSSR count). The number of likely N-dealkylation sites (N-methyl/N-ethyl adjacent to an activating group) is 1. The maximum atomic E-state index is 13.6. The molecule has 2 atom stereocenters. The molecule has 0 aromatic heterocycles. The van der Waals surface area contributed by atoms with Crippen LogP contribution in [-0.4, -0.2) is 19.8 Å². The van der Waals surface area contributed by atoms with Crippen molar-refractivity contribution in [1.29, 1.82) is 0 Å². The van der Waals surface area contributed by atoms with Crippen molar-refractivity contribution in [3.05, 3.63) is 35.4 Å². The Kier molecular flexibility index (Phi) is 3.51. The summed E-state index contributed by atoms with van der Waals surface area (Å²) in [6.45, 7) is 0.694. The van der Waals surface area contributed by atoms with Crippen LogP contribution in [-0.2, 0) is 4.74 Å². The minimum atomic E-state index is -0.422. The summed E-state index contributed by atoms with van der Waals surface area (Å²) in [5.41, 5.74) is 0.342. The zero-order chi connectivity index (χ0) is 11.5. The molecule has 2 unspecified atom stereocenters. The van der Waals surface area contributed by atoms with Gasteiger partial charge in [0.25, 0.3) is 0 Å². The highest BCUT2D eigenvalue weighted by Crippen LogP contribution is 2.28. The van der Waals surface area contributed by atoms with Gasteiger partial charge in [-0.15, -0.1) is 0 Å². The van der Waals surface area contributed by atoms with Crippen molar-refractivity contribution in [1.82, 2.24) is 5.32 Å². The first-order chi connectivity index (χ1) is 7.72. The van der Waals surface area contributed by atoms with E-state index in [1.54, 1.807) is 7.05 Å². The summed E-state index contributed by atoms with van der Waals surface area (Å²) in [6.07, 6.45) is 1.78. The summed E-state index contributed by atoms with van der Waals surface area (Å²) < 4.78 is 32.2. The molecule has 2 nitrogen and oxygen atoms in total. The Morgan fingerprint density at radius 3 is 2.88 bits per heavy atom. The average Bonchev–Trinajstić information content (AvgIpc) is 2.78. The molecule has 0 amide bonds. The lowest BCUT2D eigenvalue weighted by atomic mass is 9.99. The molecule has 0 spiro atoms. The number of benzene rings is 1. The zero-order valence-corrected chi connectivity index (χ0v) is 9.17. The van der Waals surface area contributed by atoms with Gasteiger partial charge in [0.15, 0.2) is 0 Å². The Hall–Kier alpha value is -1.00. The molecule has 1 N–H and O–H groups in total. The SMILES string of the molecule is CNC(c1cc(F)ccc1F)C1CCCO1. The number of halogens is 2. The molecule has 1 aromatic rings. The summed E-state index contributed by atoms with van der Waals surface area (Å²) in [4.78, 5) is 0. The van der Waals surface area contributed by atoms with Crippen LogP contribution in [0, 0.1) is 11.6 Å². The van der Waals surface area contributed by atoms with Gasteiger partial charge in [0, 0.05) is 12.2 Å². The molecule has 0 aliphatic carbocycles. The monoisotopic (exact) mass is 227 g/mol. The standard InChI is InChI=1S/C12H15F2NO/c1-15-12(11-3-2-6-16-11)9-7-8(13)4-5-10(9)14/h4-5,7,11-12,15H,2-3,6H2,1H3. The maximum Gasteiger partial charge on any atom is 0.128 e. The predicted octanol–water partition coefficient (Wildman–Crippen LogP) is 2.40. The molecule has 1 saturated heterocycles. The van der Waals surface area contributed by atoms with Gasteiger partial charge in [-0.2, -0.15) is 0 Å². The van der Waals surface area contributed by atoms with Crippen LogP contribution in [0.3, 0.4) is 0 Å². The fourth-order valence-electron chi connectivity index (χ4n) is 2.16. The van der Waals surface area contributed by atoms with Crippen molar-refractivity contribution in [3.63, 3.8) is 0 Å². The fraction of sp³-hybridized carbons (Fsp3) is 0.500. The van der Waals surface area contributed by atoms with Crippen LogP contribution in [0.4, 0.5) is 8.78 Å². The third kappa shape index (κ3) is 2.23. The van der Waals surface area contributed by atoms with Crippen LogP contribution < -0.4 is 5.32 Å². The largest absolute Gasteiger partial charge is 0.376 e. The Balaban J connectivity index is 2.28. The van der Waals surface area contributed by atoms with Gasteiger partial charge in [0.05, 0.1) is 12.1 Å². The van der Waals surface area contributed by atoms with Gasteiger partial charge in [0.2, 0.25) is 0 Å². The second kappa shape index (κ2) is 4.89.